The van der Waals surface area contributed by atoms with Gasteiger partial charge in [-0.05, 0) is 49.3 Å². The van der Waals surface area contributed by atoms with Crippen molar-refractivity contribution in [1.82, 2.24) is 10.2 Å². The molecule has 2 aromatic carbocycles. The van der Waals surface area contributed by atoms with Gasteiger partial charge in [0.1, 0.15) is 6.04 Å². The lowest BCUT2D eigenvalue weighted by atomic mass is 9.70. The number of rotatable bonds is 9. The first-order valence-electron chi connectivity index (χ1n) is 14.0. The molecule has 3 saturated heterocycles. The van der Waals surface area contributed by atoms with Crippen LogP contribution in [0, 0.1) is 31.6 Å². The molecule has 0 radical (unpaired) electrons. The number of thioether (sulfide) groups is 1. The van der Waals surface area contributed by atoms with Gasteiger partial charge in [0.25, 0.3) is 0 Å². The zero-order valence-corrected chi connectivity index (χ0v) is 24.0. The minimum absolute atomic E-state index is 0.00256. The molecule has 0 aliphatic carbocycles. The van der Waals surface area contributed by atoms with E-state index in [0.717, 1.165) is 35.2 Å². The molecule has 3 aliphatic heterocycles. The molecule has 39 heavy (non-hydrogen) atoms. The van der Waals surface area contributed by atoms with E-state index in [1.807, 2.05) is 76.2 Å². The van der Waals surface area contributed by atoms with Gasteiger partial charge < -0.3 is 20.6 Å². The maximum atomic E-state index is 14.3. The molecular formula is C31H39N3O4S. The minimum atomic E-state index is -0.762. The van der Waals surface area contributed by atoms with Crippen LogP contribution >= 0.6 is 11.8 Å². The van der Waals surface area contributed by atoms with Crippen LogP contribution in [0.3, 0.4) is 0 Å². The van der Waals surface area contributed by atoms with Gasteiger partial charge in [-0.1, -0.05) is 68.8 Å². The van der Waals surface area contributed by atoms with Gasteiger partial charge in [-0.15, -0.1) is 11.8 Å². The fourth-order valence-corrected chi connectivity index (χ4v) is 9.17. The lowest BCUT2D eigenvalue weighted by molar-refractivity contribution is -0.143. The second kappa shape index (κ2) is 11.0. The van der Waals surface area contributed by atoms with Crippen LogP contribution in [0.4, 0.5) is 5.69 Å². The second-order valence-corrected chi connectivity index (χ2v) is 13.0. The van der Waals surface area contributed by atoms with E-state index in [2.05, 4.69) is 10.6 Å². The number of benzene rings is 2. The fourth-order valence-electron chi connectivity index (χ4n) is 6.97. The number of carbonyl (C=O) groups is 3. The number of hydrogen-bond acceptors (Lipinski definition) is 5. The number of aliphatic hydroxyl groups excluding tert-OH is 1. The highest BCUT2D eigenvalue weighted by molar-refractivity contribution is 8.02. The molecule has 0 aromatic heterocycles. The molecule has 1 spiro atoms. The maximum Gasteiger partial charge on any atom is 0.248 e. The van der Waals surface area contributed by atoms with Crippen molar-refractivity contribution in [3.63, 3.8) is 0 Å². The SMILES string of the molecule is CC[C@H](C)[C@H](CO)N1C(=O)[C@@H]2[C@@H](C(=O)NCc3ccccc3)[C@H]3CCC2(S3)C1C(=O)Nc1c(C)cccc1C. The number of amides is 3. The zero-order chi connectivity index (χ0) is 27.9. The summed E-state index contributed by atoms with van der Waals surface area (Å²) in [5.74, 6) is -1.64. The smallest absolute Gasteiger partial charge is 0.248 e. The average molecular weight is 550 g/mol. The molecular weight excluding hydrogens is 510 g/mol. The Bertz CT molecular complexity index is 1230. The van der Waals surface area contributed by atoms with E-state index < -0.39 is 28.7 Å². The lowest BCUT2D eigenvalue weighted by Gasteiger charge is -2.39. The van der Waals surface area contributed by atoms with Gasteiger partial charge in [0.2, 0.25) is 17.7 Å². The van der Waals surface area contributed by atoms with Gasteiger partial charge >= 0.3 is 0 Å². The Balaban J connectivity index is 1.50. The number of nitrogens with one attached hydrogen (secondary N) is 2. The normalized spacial score (nSPS) is 28.7. The maximum absolute atomic E-state index is 14.3. The third-order valence-corrected chi connectivity index (χ3v) is 11.1. The van der Waals surface area contributed by atoms with E-state index in [9.17, 15) is 19.5 Å². The highest BCUT2D eigenvalue weighted by Gasteiger charge is 2.74. The van der Waals surface area contributed by atoms with Crippen LogP contribution in [0.1, 0.15) is 49.8 Å². The summed E-state index contributed by atoms with van der Waals surface area (Å²) in [5.41, 5.74) is 3.66. The van der Waals surface area contributed by atoms with Crippen LogP contribution in [0.2, 0.25) is 0 Å². The van der Waals surface area contributed by atoms with E-state index in [1.54, 1.807) is 16.7 Å². The molecule has 3 fully saturated rings. The van der Waals surface area contributed by atoms with Crippen molar-refractivity contribution in [2.45, 2.75) is 75.6 Å². The number of para-hydroxylation sites is 1. The number of carbonyl (C=O) groups excluding carboxylic acids is 3. The van der Waals surface area contributed by atoms with Gasteiger partial charge in [-0.2, -0.15) is 0 Å². The Hall–Kier alpha value is -2.84. The number of anilines is 1. The molecule has 7 nitrogen and oxygen atoms in total. The molecule has 2 unspecified atom stereocenters. The van der Waals surface area contributed by atoms with Crippen molar-refractivity contribution in [1.29, 1.82) is 0 Å². The van der Waals surface area contributed by atoms with Crippen molar-refractivity contribution in [2.75, 3.05) is 11.9 Å². The van der Waals surface area contributed by atoms with E-state index >= 15 is 0 Å². The molecule has 3 heterocycles. The number of nitrogens with zero attached hydrogens (tertiary/aromatic N) is 1. The van der Waals surface area contributed by atoms with Crippen LogP contribution in [0.5, 0.6) is 0 Å². The topological polar surface area (TPSA) is 98.7 Å². The summed E-state index contributed by atoms with van der Waals surface area (Å²) in [6, 6.07) is 14.4. The van der Waals surface area contributed by atoms with Crippen molar-refractivity contribution < 1.29 is 19.5 Å². The largest absolute Gasteiger partial charge is 0.394 e. The quantitative estimate of drug-likeness (QED) is 0.438. The van der Waals surface area contributed by atoms with Crippen LogP contribution in [-0.4, -0.2) is 56.4 Å². The summed E-state index contributed by atoms with van der Waals surface area (Å²) in [6.45, 7) is 8.12. The number of hydrogen-bond donors (Lipinski definition) is 3. The molecule has 3 amide bonds. The third kappa shape index (κ3) is 4.65. The van der Waals surface area contributed by atoms with E-state index in [-0.39, 0.29) is 35.5 Å². The van der Waals surface area contributed by atoms with Gasteiger partial charge in [0.15, 0.2) is 0 Å². The number of aliphatic hydroxyl groups is 1. The van der Waals surface area contributed by atoms with Gasteiger partial charge in [0.05, 0.1) is 29.2 Å². The average Bonchev–Trinajstić information content (AvgIpc) is 3.58. The molecule has 2 aromatic rings. The molecule has 0 saturated carbocycles. The Kier molecular flexibility index (Phi) is 7.80. The zero-order valence-electron chi connectivity index (χ0n) is 23.1. The lowest BCUT2D eigenvalue weighted by Crippen LogP contribution is -2.56. The second-order valence-electron chi connectivity index (χ2n) is 11.4. The Morgan fingerprint density at radius 3 is 2.44 bits per heavy atom. The van der Waals surface area contributed by atoms with Crippen molar-refractivity contribution in [2.24, 2.45) is 17.8 Å². The van der Waals surface area contributed by atoms with E-state index in [1.165, 1.54) is 0 Å². The summed E-state index contributed by atoms with van der Waals surface area (Å²) in [6.07, 6.45) is 2.24. The predicted molar refractivity (Wildman–Crippen MR) is 154 cm³/mol. The minimum Gasteiger partial charge on any atom is -0.394 e. The monoisotopic (exact) mass is 549 g/mol. The molecule has 208 valence electrons. The van der Waals surface area contributed by atoms with Crippen molar-refractivity contribution in [3.8, 4) is 0 Å². The van der Waals surface area contributed by atoms with Gasteiger partial charge in [-0.25, -0.2) is 0 Å². The predicted octanol–water partition coefficient (Wildman–Crippen LogP) is 4.06. The highest BCUT2D eigenvalue weighted by atomic mass is 32.2. The summed E-state index contributed by atoms with van der Waals surface area (Å²) < 4.78 is -0.696. The summed E-state index contributed by atoms with van der Waals surface area (Å²) in [5, 5.41) is 16.7. The van der Waals surface area contributed by atoms with Crippen LogP contribution in [0.25, 0.3) is 0 Å². The summed E-state index contributed by atoms with van der Waals surface area (Å²) >= 11 is 1.65. The van der Waals surface area contributed by atoms with E-state index in [4.69, 9.17) is 0 Å². The van der Waals surface area contributed by atoms with Gasteiger partial charge in [0, 0.05) is 17.5 Å². The fraction of sp³-hybridized carbons (Fsp3) is 0.516. The van der Waals surface area contributed by atoms with Crippen LogP contribution in [0.15, 0.2) is 48.5 Å². The Labute approximate surface area is 235 Å². The molecule has 5 rings (SSSR count). The summed E-state index contributed by atoms with van der Waals surface area (Å²) in [7, 11) is 0. The molecule has 8 heteroatoms. The van der Waals surface area contributed by atoms with Crippen molar-refractivity contribution in [3.05, 3.63) is 65.2 Å². The first kappa shape index (κ1) is 27.7. The first-order valence-corrected chi connectivity index (χ1v) is 14.9. The third-order valence-electron chi connectivity index (χ3n) is 9.17. The molecule has 2 bridgehead atoms. The molecule has 7 atom stereocenters. The number of likely N-dealkylation sites (tertiary alicyclic amines) is 1. The first-order chi connectivity index (χ1) is 18.7. The molecule has 3 aliphatic rings. The van der Waals surface area contributed by atoms with E-state index in [0.29, 0.717) is 13.0 Å². The van der Waals surface area contributed by atoms with Crippen LogP contribution < -0.4 is 10.6 Å². The standard InChI is InChI=1S/C31H39N3O4S/c1-5-18(2)22(17-35)34-27(29(37)33-26-19(3)10-9-11-20(26)4)31-15-14-23(39-31)24(25(31)30(34)38)28(36)32-16-21-12-7-6-8-13-21/h6-13,18,22-25,27,35H,5,14-17H2,1-4H3,(H,32,36)(H,33,37)/t18-,22-,23+,24-,25-,27?,31?/m0/s1. The number of aryl methyl sites for hydroxylation is 2. The molecule has 3 N–H and O–H groups in total. The summed E-state index contributed by atoms with van der Waals surface area (Å²) in [4.78, 5) is 43.8. The Morgan fingerprint density at radius 2 is 1.79 bits per heavy atom. The van der Waals surface area contributed by atoms with Crippen molar-refractivity contribution >= 4 is 35.2 Å². The van der Waals surface area contributed by atoms with Crippen LogP contribution in [-0.2, 0) is 20.9 Å². The Morgan fingerprint density at radius 1 is 1.10 bits per heavy atom. The van der Waals surface area contributed by atoms with Gasteiger partial charge in [-0.3, -0.25) is 14.4 Å². The highest BCUT2D eigenvalue weighted by Crippen LogP contribution is 2.66. The number of fused-ring (bicyclic) bond motifs is 1.